The van der Waals surface area contributed by atoms with Gasteiger partial charge in [0.2, 0.25) is 0 Å². The molecule has 0 radical (unpaired) electrons. The fraction of sp³-hybridized carbons (Fsp3) is 0.333. The average Bonchev–Trinajstić information content (AvgIpc) is 2.89. The first-order chi connectivity index (χ1) is 16.6. The largest absolute Gasteiger partial charge is 0.489 e. The summed E-state index contributed by atoms with van der Waals surface area (Å²) in [4.78, 5) is 28.3. The molecule has 3 aromatic rings. The number of nitrogens with one attached hydrogen (secondary N) is 1. The number of nitrogen functional groups attached to an aromatic ring is 1. The molecule has 10 nitrogen and oxygen atoms in total. The molecule has 0 saturated carbocycles. The van der Waals surface area contributed by atoms with E-state index in [1.807, 2.05) is 24.3 Å². The van der Waals surface area contributed by atoms with Gasteiger partial charge in [0.05, 0.1) is 42.7 Å². The van der Waals surface area contributed by atoms with E-state index < -0.39 is 5.91 Å². The Morgan fingerprint density at radius 3 is 2.88 bits per heavy atom. The van der Waals surface area contributed by atoms with Gasteiger partial charge in [-0.1, -0.05) is 0 Å². The van der Waals surface area contributed by atoms with E-state index in [1.165, 1.54) is 0 Å². The van der Waals surface area contributed by atoms with Crippen molar-refractivity contribution >= 4 is 23.1 Å². The summed E-state index contributed by atoms with van der Waals surface area (Å²) >= 11 is 0. The van der Waals surface area contributed by atoms with Gasteiger partial charge < -0.3 is 31.2 Å². The highest BCUT2D eigenvalue weighted by atomic mass is 16.5. The lowest BCUT2D eigenvalue weighted by molar-refractivity contribution is 0.102. The molecule has 4 heterocycles. The number of benzene rings is 1. The summed E-state index contributed by atoms with van der Waals surface area (Å²) in [5.74, 6) is 0.450. The van der Waals surface area contributed by atoms with Crippen molar-refractivity contribution in [2.45, 2.75) is 18.9 Å². The van der Waals surface area contributed by atoms with Crippen LogP contribution in [-0.2, 0) is 11.2 Å². The Bertz CT molecular complexity index is 1200. The number of carbonyl (C=O) groups excluding carboxylic acids is 1. The van der Waals surface area contributed by atoms with Gasteiger partial charge in [0, 0.05) is 31.4 Å². The molecule has 1 atom stereocenters. The van der Waals surface area contributed by atoms with Gasteiger partial charge in [-0.3, -0.25) is 9.78 Å². The van der Waals surface area contributed by atoms with E-state index in [2.05, 4.69) is 25.2 Å². The molecule has 34 heavy (non-hydrogen) atoms. The second-order valence-corrected chi connectivity index (χ2v) is 8.27. The molecule has 0 bridgehead atoms. The minimum absolute atomic E-state index is 0.0415. The van der Waals surface area contributed by atoms with E-state index in [1.54, 1.807) is 18.6 Å². The van der Waals surface area contributed by atoms with Crippen molar-refractivity contribution in [1.29, 1.82) is 0 Å². The number of fused-ring (bicyclic) bond motifs is 1. The molecular weight excluding hydrogens is 434 g/mol. The van der Waals surface area contributed by atoms with Gasteiger partial charge in [0.15, 0.2) is 11.5 Å². The molecule has 1 saturated heterocycles. The molecule has 5 N–H and O–H groups in total. The SMILES string of the molecule is NCC1CCc2cc(-c3cnc(N)c(C(=O)Nc4cnccc4N4CCOCC4)n3)ccc2O1. The molecule has 1 unspecified atom stereocenters. The summed E-state index contributed by atoms with van der Waals surface area (Å²) in [6.45, 7) is 3.23. The van der Waals surface area contributed by atoms with Gasteiger partial charge in [-0.25, -0.2) is 9.97 Å². The number of aryl methyl sites for hydroxylation is 1. The number of morpholine rings is 1. The lowest BCUT2D eigenvalue weighted by Crippen LogP contribution is -2.36. The van der Waals surface area contributed by atoms with Gasteiger partial charge in [0.25, 0.3) is 5.91 Å². The highest BCUT2D eigenvalue weighted by Crippen LogP contribution is 2.32. The molecule has 2 aromatic heterocycles. The zero-order valence-corrected chi connectivity index (χ0v) is 18.7. The number of hydrogen-bond donors (Lipinski definition) is 3. The summed E-state index contributed by atoms with van der Waals surface area (Å²) in [5, 5.41) is 2.91. The van der Waals surface area contributed by atoms with Gasteiger partial charge in [-0.05, 0) is 42.7 Å². The molecule has 2 aliphatic heterocycles. The number of nitrogens with zero attached hydrogens (tertiary/aromatic N) is 4. The summed E-state index contributed by atoms with van der Waals surface area (Å²) in [5.41, 5.74) is 15.8. The topological polar surface area (TPSA) is 142 Å². The fourth-order valence-corrected chi connectivity index (χ4v) is 4.22. The Morgan fingerprint density at radius 2 is 2.06 bits per heavy atom. The highest BCUT2D eigenvalue weighted by Gasteiger charge is 2.22. The monoisotopic (exact) mass is 461 g/mol. The van der Waals surface area contributed by atoms with Crippen molar-refractivity contribution in [3.8, 4) is 17.0 Å². The predicted molar refractivity (Wildman–Crippen MR) is 129 cm³/mol. The maximum atomic E-state index is 13.2. The van der Waals surface area contributed by atoms with E-state index in [9.17, 15) is 4.79 Å². The minimum Gasteiger partial charge on any atom is -0.489 e. The van der Waals surface area contributed by atoms with Crippen LogP contribution in [0.2, 0.25) is 0 Å². The maximum absolute atomic E-state index is 13.2. The Balaban J connectivity index is 1.39. The molecule has 2 aliphatic rings. The number of pyridine rings is 1. The van der Waals surface area contributed by atoms with Crippen LogP contribution in [0.1, 0.15) is 22.5 Å². The molecule has 0 aliphatic carbocycles. The zero-order valence-electron chi connectivity index (χ0n) is 18.7. The number of carbonyl (C=O) groups is 1. The molecule has 1 fully saturated rings. The van der Waals surface area contributed by atoms with E-state index in [-0.39, 0.29) is 17.6 Å². The van der Waals surface area contributed by atoms with Crippen LogP contribution in [-0.4, -0.2) is 59.8 Å². The van der Waals surface area contributed by atoms with Crippen LogP contribution in [0, 0.1) is 0 Å². The van der Waals surface area contributed by atoms with Crippen molar-refractivity contribution in [3.05, 3.63) is 54.1 Å². The van der Waals surface area contributed by atoms with Crippen molar-refractivity contribution in [3.63, 3.8) is 0 Å². The Labute approximate surface area is 197 Å². The molecule has 5 rings (SSSR count). The minimum atomic E-state index is -0.443. The van der Waals surface area contributed by atoms with Crippen LogP contribution in [0.3, 0.4) is 0 Å². The Kier molecular flexibility index (Phi) is 6.24. The predicted octanol–water partition coefficient (Wildman–Crippen LogP) is 1.86. The third kappa shape index (κ3) is 4.50. The average molecular weight is 462 g/mol. The molecule has 0 spiro atoms. The maximum Gasteiger partial charge on any atom is 0.278 e. The van der Waals surface area contributed by atoms with Gasteiger partial charge in [-0.2, -0.15) is 0 Å². The second kappa shape index (κ2) is 9.62. The van der Waals surface area contributed by atoms with Gasteiger partial charge >= 0.3 is 0 Å². The molecule has 1 aromatic carbocycles. The first kappa shape index (κ1) is 22.1. The normalized spacial score (nSPS) is 17.6. The quantitative estimate of drug-likeness (QED) is 0.519. The number of nitrogens with two attached hydrogens (primary N) is 2. The van der Waals surface area contributed by atoms with Crippen LogP contribution in [0.5, 0.6) is 5.75 Å². The van der Waals surface area contributed by atoms with Gasteiger partial charge in [0.1, 0.15) is 11.9 Å². The number of amides is 1. The van der Waals surface area contributed by atoms with E-state index in [4.69, 9.17) is 20.9 Å². The Morgan fingerprint density at radius 1 is 1.21 bits per heavy atom. The lowest BCUT2D eigenvalue weighted by atomic mass is 9.99. The standard InChI is InChI=1S/C24H27N7O3/c25-12-17-3-1-16-11-15(2-4-21(16)34-17)18-14-28-23(26)22(29-18)24(32)30-19-13-27-6-5-20(19)31-7-9-33-10-8-31/h2,4-6,11,13-14,17H,1,3,7-10,12,25H2,(H2,26,28)(H,30,32). The number of rotatable bonds is 5. The third-order valence-corrected chi connectivity index (χ3v) is 6.06. The molecule has 176 valence electrons. The summed E-state index contributed by atoms with van der Waals surface area (Å²) in [7, 11) is 0. The van der Waals surface area contributed by atoms with Crippen molar-refractivity contribution in [2.24, 2.45) is 5.73 Å². The number of aromatic nitrogens is 3. The van der Waals surface area contributed by atoms with Crippen LogP contribution in [0.25, 0.3) is 11.3 Å². The first-order valence-electron chi connectivity index (χ1n) is 11.3. The number of anilines is 3. The van der Waals surface area contributed by atoms with E-state index in [0.717, 1.165) is 48.5 Å². The third-order valence-electron chi connectivity index (χ3n) is 6.06. The van der Waals surface area contributed by atoms with Crippen molar-refractivity contribution in [2.75, 3.05) is 48.8 Å². The summed E-state index contributed by atoms with van der Waals surface area (Å²) < 4.78 is 11.4. The van der Waals surface area contributed by atoms with E-state index in [0.29, 0.717) is 31.1 Å². The Hall–Kier alpha value is -3.76. The van der Waals surface area contributed by atoms with Crippen LogP contribution in [0.15, 0.2) is 42.9 Å². The number of hydrogen-bond acceptors (Lipinski definition) is 9. The zero-order chi connectivity index (χ0) is 23.5. The van der Waals surface area contributed by atoms with Crippen LogP contribution in [0.4, 0.5) is 17.2 Å². The first-order valence-corrected chi connectivity index (χ1v) is 11.3. The van der Waals surface area contributed by atoms with Crippen molar-refractivity contribution in [1.82, 2.24) is 15.0 Å². The lowest BCUT2D eigenvalue weighted by Gasteiger charge is -2.30. The second-order valence-electron chi connectivity index (χ2n) is 8.27. The van der Waals surface area contributed by atoms with Crippen LogP contribution >= 0.6 is 0 Å². The molecule has 10 heteroatoms. The summed E-state index contributed by atoms with van der Waals surface area (Å²) in [6.07, 6.45) is 6.67. The fourth-order valence-electron chi connectivity index (χ4n) is 4.22. The number of ether oxygens (including phenoxy) is 2. The van der Waals surface area contributed by atoms with Gasteiger partial charge in [-0.15, -0.1) is 0 Å². The molecule has 1 amide bonds. The smallest absolute Gasteiger partial charge is 0.278 e. The van der Waals surface area contributed by atoms with Crippen LogP contribution < -0.4 is 26.4 Å². The summed E-state index contributed by atoms with van der Waals surface area (Å²) in [6, 6.07) is 7.70. The molecular formula is C24H27N7O3. The highest BCUT2D eigenvalue weighted by molar-refractivity contribution is 6.07. The van der Waals surface area contributed by atoms with Crippen molar-refractivity contribution < 1.29 is 14.3 Å². The van der Waals surface area contributed by atoms with E-state index >= 15 is 0 Å².